The Balaban J connectivity index is 1.58. The van der Waals surface area contributed by atoms with E-state index in [1.807, 2.05) is 0 Å². The monoisotopic (exact) mass is 419 g/mol. The van der Waals surface area contributed by atoms with Crippen LogP contribution in [-0.2, 0) is 16.0 Å². The summed E-state index contributed by atoms with van der Waals surface area (Å²) in [5, 5.41) is 0. The number of carbonyl (C=O) groups is 4. The summed E-state index contributed by atoms with van der Waals surface area (Å²) in [4.78, 5) is 53.7. The number of benzene rings is 1. The van der Waals surface area contributed by atoms with Crippen molar-refractivity contribution in [2.24, 2.45) is 0 Å². The molecule has 0 spiro atoms. The van der Waals surface area contributed by atoms with Crippen LogP contribution >= 0.6 is 0 Å². The molecule has 0 saturated carbocycles. The average Bonchev–Trinajstić information content (AvgIpc) is 3.14. The van der Waals surface area contributed by atoms with Crippen molar-refractivity contribution in [3.8, 4) is 5.75 Å². The van der Waals surface area contributed by atoms with Crippen molar-refractivity contribution < 1.29 is 33.1 Å². The van der Waals surface area contributed by atoms with Gasteiger partial charge in [-0.1, -0.05) is 12.1 Å². The summed E-state index contributed by atoms with van der Waals surface area (Å²) < 4.78 is 15.5. The number of hydrogen-bond acceptors (Lipinski definition) is 8. The van der Waals surface area contributed by atoms with Gasteiger partial charge in [0.05, 0.1) is 18.2 Å². The number of aryl methyl sites for hydroxylation is 2. The molecule has 3 aromatic rings. The molecule has 0 fully saturated rings. The lowest BCUT2D eigenvalue weighted by molar-refractivity contribution is -0.140. The van der Waals surface area contributed by atoms with Gasteiger partial charge in [-0.2, -0.15) is 0 Å². The first-order valence-electron chi connectivity index (χ1n) is 9.46. The van der Waals surface area contributed by atoms with Crippen LogP contribution in [-0.4, -0.2) is 35.6 Å². The second-order valence-corrected chi connectivity index (χ2v) is 6.90. The highest BCUT2D eigenvalue weighted by molar-refractivity contribution is 6.29. The molecule has 0 bridgehead atoms. The van der Waals surface area contributed by atoms with Gasteiger partial charge in [0, 0.05) is 12.6 Å². The minimum absolute atomic E-state index is 0.0233. The number of aromatic nitrogens is 1. The largest absolute Gasteiger partial charge is 0.469 e. The highest BCUT2D eigenvalue weighted by atomic mass is 16.5. The summed E-state index contributed by atoms with van der Waals surface area (Å²) in [7, 11) is 1.33. The van der Waals surface area contributed by atoms with Crippen molar-refractivity contribution in [1.82, 2.24) is 4.98 Å². The van der Waals surface area contributed by atoms with Crippen LogP contribution in [0, 0.1) is 6.92 Å². The predicted molar refractivity (Wildman–Crippen MR) is 106 cm³/mol. The van der Waals surface area contributed by atoms with E-state index in [1.54, 1.807) is 30.3 Å². The lowest BCUT2D eigenvalue weighted by atomic mass is 9.90. The van der Waals surface area contributed by atoms with Crippen LogP contribution in [0.4, 0.5) is 0 Å². The first-order chi connectivity index (χ1) is 14.9. The number of methoxy groups -OCH3 is 1. The second kappa shape index (κ2) is 7.98. The number of rotatable bonds is 5. The molecular weight excluding hydrogens is 402 g/mol. The third kappa shape index (κ3) is 3.63. The van der Waals surface area contributed by atoms with Crippen LogP contribution in [0.5, 0.6) is 5.75 Å². The number of nitrogens with zero attached hydrogens (tertiary/aromatic N) is 1. The molecule has 0 aliphatic heterocycles. The third-order valence-electron chi connectivity index (χ3n) is 4.97. The fourth-order valence-corrected chi connectivity index (χ4v) is 3.41. The van der Waals surface area contributed by atoms with Crippen LogP contribution in [0.3, 0.4) is 0 Å². The van der Waals surface area contributed by atoms with E-state index >= 15 is 0 Å². The number of fused-ring (bicyclic) bond motifs is 2. The van der Waals surface area contributed by atoms with E-state index in [2.05, 4.69) is 9.72 Å². The Morgan fingerprint density at radius 1 is 1.06 bits per heavy atom. The maximum absolute atomic E-state index is 12.9. The van der Waals surface area contributed by atoms with Crippen LogP contribution in [0.1, 0.15) is 60.3 Å². The number of pyridine rings is 1. The summed E-state index contributed by atoms with van der Waals surface area (Å²) >= 11 is 0. The average molecular weight is 419 g/mol. The molecular formula is C23H17NO7. The first-order valence-corrected chi connectivity index (χ1v) is 9.46. The molecule has 0 amide bonds. The van der Waals surface area contributed by atoms with Gasteiger partial charge in [-0.3, -0.25) is 19.4 Å². The van der Waals surface area contributed by atoms with Gasteiger partial charge in [0.2, 0.25) is 11.6 Å². The zero-order chi connectivity index (χ0) is 22.1. The van der Waals surface area contributed by atoms with Crippen LogP contribution in [0.15, 0.2) is 47.0 Å². The van der Waals surface area contributed by atoms with E-state index < -0.39 is 17.5 Å². The molecule has 0 N–H and O–H groups in total. The molecule has 0 saturated heterocycles. The number of ketones is 2. The van der Waals surface area contributed by atoms with Crippen molar-refractivity contribution >= 4 is 23.5 Å². The molecule has 8 heteroatoms. The van der Waals surface area contributed by atoms with Gasteiger partial charge in [0.1, 0.15) is 22.8 Å². The van der Waals surface area contributed by atoms with E-state index in [-0.39, 0.29) is 52.0 Å². The molecule has 8 nitrogen and oxygen atoms in total. The quantitative estimate of drug-likeness (QED) is 0.358. The van der Waals surface area contributed by atoms with E-state index in [1.165, 1.54) is 26.3 Å². The number of furan rings is 1. The van der Waals surface area contributed by atoms with Gasteiger partial charge in [-0.15, -0.1) is 0 Å². The fraction of sp³-hybridized carbons (Fsp3) is 0.174. The standard InChI is InChI=1S/C23H17NO7/c1-12-17(18-21(27)19-15(4-3-11-24-19)20(26)22(18)30-12)23(28)31-14-8-5-13(6-9-14)7-10-16(25)29-2/h3-6,8-9,11H,7,10H2,1-2H3. The van der Waals surface area contributed by atoms with Crippen LogP contribution in [0.2, 0.25) is 0 Å². The molecule has 156 valence electrons. The highest BCUT2D eigenvalue weighted by Gasteiger charge is 2.39. The van der Waals surface area contributed by atoms with E-state index in [9.17, 15) is 19.2 Å². The number of hydrogen-bond donors (Lipinski definition) is 0. The molecule has 2 heterocycles. The number of ether oxygens (including phenoxy) is 2. The van der Waals surface area contributed by atoms with Crippen molar-refractivity contribution in [1.29, 1.82) is 0 Å². The Morgan fingerprint density at radius 3 is 2.52 bits per heavy atom. The summed E-state index contributed by atoms with van der Waals surface area (Å²) in [6.07, 6.45) is 2.13. The summed E-state index contributed by atoms with van der Waals surface area (Å²) in [5.74, 6) is -2.03. The molecule has 0 radical (unpaired) electrons. The van der Waals surface area contributed by atoms with E-state index in [4.69, 9.17) is 9.15 Å². The summed E-state index contributed by atoms with van der Waals surface area (Å²) in [5.41, 5.74) is 0.749. The summed E-state index contributed by atoms with van der Waals surface area (Å²) in [6, 6.07) is 9.64. The zero-order valence-corrected chi connectivity index (χ0v) is 16.8. The first kappa shape index (κ1) is 20.2. The normalized spacial score (nSPS) is 12.2. The maximum atomic E-state index is 12.9. The lowest BCUT2D eigenvalue weighted by Gasteiger charge is -2.12. The molecule has 31 heavy (non-hydrogen) atoms. The molecule has 1 aliphatic rings. The molecule has 2 aromatic heterocycles. The van der Waals surface area contributed by atoms with Crippen LogP contribution in [0.25, 0.3) is 0 Å². The van der Waals surface area contributed by atoms with Gasteiger partial charge < -0.3 is 13.9 Å². The number of carbonyl (C=O) groups excluding carboxylic acids is 4. The Kier molecular flexibility index (Phi) is 5.21. The van der Waals surface area contributed by atoms with Gasteiger partial charge in [0.25, 0.3) is 0 Å². The van der Waals surface area contributed by atoms with Gasteiger partial charge in [-0.05, 0) is 43.2 Å². The minimum atomic E-state index is -0.814. The highest BCUT2D eigenvalue weighted by Crippen LogP contribution is 2.33. The Bertz CT molecular complexity index is 1220. The van der Waals surface area contributed by atoms with Crippen molar-refractivity contribution in [3.63, 3.8) is 0 Å². The summed E-state index contributed by atoms with van der Waals surface area (Å²) in [6.45, 7) is 1.49. The van der Waals surface area contributed by atoms with Crippen molar-refractivity contribution in [2.75, 3.05) is 7.11 Å². The van der Waals surface area contributed by atoms with Gasteiger partial charge >= 0.3 is 11.9 Å². The predicted octanol–water partition coefficient (Wildman–Crippen LogP) is 3.08. The molecule has 0 atom stereocenters. The molecule has 4 rings (SSSR count). The lowest BCUT2D eigenvalue weighted by Crippen LogP contribution is -2.23. The smallest absolute Gasteiger partial charge is 0.347 e. The molecule has 0 unspecified atom stereocenters. The Labute approximate surface area is 176 Å². The Morgan fingerprint density at radius 2 is 1.81 bits per heavy atom. The zero-order valence-electron chi connectivity index (χ0n) is 16.8. The Hall–Kier alpha value is -4.07. The second-order valence-electron chi connectivity index (χ2n) is 6.90. The molecule has 1 aliphatic carbocycles. The maximum Gasteiger partial charge on any atom is 0.347 e. The van der Waals surface area contributed by atoms with Crippen LogP contribution < -0.4 is 4.74 Å². The van der Waals surface area contributed by atoms with E-state index in [0.717, 1.165) is 5.56 Å². The topological polar surface area (TPSA) is 113 Å². The molecule has 1 aromatic carbocycles. The van der Waals surface area contributed by atoms with E-state index in [0.29, 0.717) is 6.42 Å². The number of esters is 2. The SMILES string of the molecule is COC(=O)CCc1ccc(OC(=O)c2c(C)oc3c2C(=O)c2ncccc2C3=O)cc1. The van der Waals surface area contributed by atoms with Crippen molar-refractivity contribution in [2.45, 2.75) is 19.8 Å². The van der Waals surface area contributed by atoms with Gasteiger partial charge in [-0.25, -0.2) is 4.79 Å². The fourth-order valence-electron chi connectivity index (χ4n) is 3.41. The van der Waals surface area contributed by atoms with Crippen molar-refractivity contribution in [3.05, 3.63) is 82.1 Å². The van der Waals surface area contributed by atoms with Gasteiger partial charge in [0.15, 0.2) is 5.76 Å². The third-order valence-corrected chi connectivity index (χ3v) is 4.97. The minimum Gasteiger partial charge on any atom is -0.469 e.